The predicted molar refractivity (Wildman–Crippen MR) is 201 cm³/mol. The molecule has 0 fully saturated rings. The number of anilines is 2. The zero-order valence-corrected chi connectivity index (χ0v) is 26.7. The molecular formula is C44H27N3O3. The van der Waals surface area contributed by atoms with Crippen LogP contribution in [0.15, 0.2) is 153 Å². The number of para-hydroxylation sites is 2. The zero-order chi connectivity index (χ0) is 32.8. The molecule has 6 nitrogen and oxygen atoms in total. The Labute approximate surface area is 285 Å². The highest BCUT2D eigenvalue weighted by molar-refractivity contribution is 6.18. The molecule has 6 aromatic carbocycles. The van der Waals surface area contributed by atoms with E-state index in [-0.39, 0.29) is 6.04 Å². The average molecular weight is 646 g/mol. The molecule has 0 bridgehead atoms. The van der Waals surface area contributed by atoms with Gasteiger partial charge in [0, 0.05) is 50.9 Å². The highest BCUT2D eigenvalue weighted by Crippen LogP contribution is 2.47. The van der Waals surface area contributed by atoms with Crippen LogP contribution in [0.1, 0.15) is 23.8 Å². The summed E-state index contributed by atoms with van der Waals surface area (Å²) >= 11 is 0. The number of aromatic nitrogens is 2. The van der Waals surface area contributed by atoms with E-state index in [1.54, 1.807) is 12.4 Å². The lowest BCUT2D eigenvalue weighted by Gasteiger charge is -2.35. The minimum Gasteiger partial charge on any atom is -0.456 e. The Morgan fingerprint density at radius 1 is 0.620 bits per heavy atom. The van der Waals surface area contributed by atoms with Gasteiger partial charge in [0.15, 0.2) is 5.58 Å². The van der Waals surface area contributed by atoms with E-state index in [0.717, 1.165) is 94.7 Å². The lowest BCUT2D eigenvalue weighted by Crippen LogP contribution is -2.25. The molecule has 1 atom stereocenters. The average Bonchev–Trinajstić information content (AvgIpc) is 3.89. The van der Waals surface area contributed by atoms with E-state index in [1.807, 2.05) is 36.4 Å². The van der Waals surface area contributed by atoms with Gasteiger partial charge in [0.2, 0.25) is 5.89 Å². The minimum atomic E-state index is -0.0239. The van der Waals surface area contributed by atoms with E-state index >= 15 is 0 Å². The maximum absolute atomic E-state index is 6.54. The van der Waals surface area contributed by atoms with Crippen molar-refractivity contribution in [2.24, 2.45) is 0 Å². The molecular weight excluding hydrogens is 619 g/mol. The van der Waals surface area contributed by atoms with Gasteiger partial charge in [0.05, 0.1) is 11.6 Å². The zero-order valence-electron chi connectivity index (χ0n) is 26.7. The fourth-order valence-electron chi connectivity index (χ4n) is 7.85. The molecule has 11 rings (SSSR count). The van der Waals surface area contributed by atoms with Gasteiger partial charge < -0.3 is 18.2 Å². The third-order valence-corrected chi connectivity index (χ3v) is 10.1. The molecule has 0 saturated carbocycles. The van der Waals surface area contributed by atoms with Gasteiger partial charge in [-0.3, -0.25) is 4.98 Å². The van der Waals surface area contributed by atoms with Crippen molar-refractivity contribution in [2.45, 2.75) is 12.5 Å². The van der Waals surface area contributed by atoms with E-state index < -0.39 is 0 Å². The van der Waals surface area contributed by atoms with Gasteiger partial charge in [-0.15, -0.1) is 0 Å². The van der Waals surface area contributed by atoms with E-state index in [9.17, 15) is 0 Å². The Balaban J connectivity index is 1.18. The summed E-state index contributed by atoms with van der Waals surface area (Å²) < 4.78 is 19.2. The van der Waals surface area contributed by atoms with E-state index in [2.05, 4.69) is 107 Å². The minimum absolute atomic E-state index is 0.0239. The second-order valence-corrected chi connectivity index (χ2v) is 12.9. The van der Waals surface area contributed by atoms with Gasteiger partial charge in [0.25, 0.3) is 0 Å². The molecule has 6 heteroatoms. The van der Waals surface area contributed by atoms with Crippen LogP contribution in [0, 0.1) is 0 Å². The first-order valence-corrected chi connectivity index (χ1v) is 16.8. The molecule has 0 saturated heterocycles. The van der Waals surface area contributed by atoms with Crippen molar-refractivity contribution in [3.8, 4) is 11.5 Å². The molecule has 4 heterocycles. The van der Waals surface area contributed by atoms with Crippen molar-refractivity contribution < 1.29 is 13.3 Å². The molecule has 0 spiro atoms. The van der Waals surface area contributed by atoms with Crippen molar-refractivity contribution in [1.29, 1.82) is 0 Å². The van der Waals surface area contributed by atoms with Crippen LogP contribution in [0.5, 0.6) is 0 Å². The van der Waals surface area contributed by atoms with Gasteiger partial charge in [-0.05, 0) is 89.3 Å². The van der Waals surface area contributed by atoms with E-state index in [4.69, 9.17) is 18.2 Å². The molecule has 10 aromatic rings. The number of rotatable bonds is 4. The first-order chi connectivity index (χ1) is 24.8. The van der Waals surface area contributed by atoms with Crippen LogP contribution in [0.3, 0.4) is 0 Å². The van der Waals surface area contributed by atoms with Crippen LogP contribution in [-0.2, 0) is 0 Å². The van der Waals surface area contributed by atoms with Crippen molar-refractivity contribution in [2.75, 3.05) is 4.90 Å². The van der Waals surface area contributed by atoms with Crippen molar-refractivity contribution >= 4 is 83.0 Å². The molecule has 1 unspecified atom stereocenters. The lowest BCUT2D eigenvalue weighted by molar-refractivity contribution is 0.580. The predicted octanol–water partition coefficient (Wildman–Crippen LogP) is 12.1. The summed E-state index contributed by atoms with van der Waals surface area (Å²) in [4.78, 5) is 11.6. The van der Waals surface area contributed by atoms with Crippen LogP contribution in [-0.4, -0.2) is 9.97 Å². The largest absolute Gasteiger partial charge is 0.456 e. The molecule has 4 aromatic heterocycles. The third-order valence-electron chi connectivity index (χ3n) is 10.1. The van der Waals surface area contributed by atoms with Gasteiger partial charge in [-0.2, -0.15) is 0 Å². The summed E-state index contributed by atoms with van der Waals surface area (Å²) in [6, 6.07) is 42.2. The fraction of sp³-hybridized carbons (Fsp3) is 0.0455. The number of pyridine rings is 1. The fourth-order valence-corrected chi connectivity index (χ4v) is 7.85. The normalized spacial score (nSPS) is 14.4. The van der Waals surface area contributed by atoms with E-state index in [0.29, 0.717) is 5.89 Å². The standard InChI is InChI=1S/C44H27N3O3/c1-3-11-37-31(8-1)34-24-30(19-21-39(34)48-37)47(36-10-5-13-40-42(36)32-9-2-4-12-38(32)49-40)29-18-16-26-14-15-27-17-20-35-43(41(27)33(26)23-29)50-44(46-35)28-7-6-22-45-25-28/h1-9,11-25,36H,10H2. The highest BCUT2D eigenvalue weighted by Gasteiger charge is 2.31. The Bertz CT molecular complexity index is 2990. The number of hydrogen-bond donors (Lipinski definition) is 0. The monoisotopic (exact) mass is 645 g/mol. The first kappa shape index (κ1) is 27.3. The van der Waals surface area contributed by atoms with Crippen LogP contribution >= 0.6 is 0 Å². The Morgan fingerprint density at radius 3 is 2.24 bits per heavy atom. The van der Waals surface area contributed by atoms with Crippen LogP contribution in [0.2, 0.25) is 0 Å². The summed E-state index contributed by atoms with van der Waals surface area (Å²) in [7, 11) is 0. The molecule has 1 aliphatic rings. The maximum atomic E-state index is 6.54. The molecule has 0 radical (unpaired) electrons. The Hall–Kier alpha value is -6.66. The number of benzene rings is 6. The van der Waals surface area contributed by atoms with Gasteiger partial charge in [-0.25, -0.2) is 4.98 Å². The summed E-state index contributed by atoms with van der Waals surface area (Å²) in [5.74, 6) is 1.46. The number of oxazole rings is 1. The summed E-state index contributed by atoms with van der Waals surface area (Å²) in [6.07, 6.45) is 8.70. The van der Waals surface area contributed by atoms with Gasteiger partial charge >= 0.3 is 0 Å². The smallest absolute Gasteiger partial charge is 0.228 e. The maximum Gasteiger partial charge on any atom is 0.228 e. The van der Waals surface area contributed by atoms with Crippen molar-refractivity contribution in [3.63, 3.8) is 0 Å². The van der Waals surface area contributed by atoms with Crippen molar-refractivity contribution in [3.05, 3.63) is 151 Å². The lowest BCUT2D eigenvalue weighted by atomic mass is 9.92. The quantitative estimate of drug-likeness (QED) is 0.177. The number of fused-ring (bicyclic) bond motifs is 11. The number of hydrogen-bond acceptors (Lipinski definition) is 6. The van der Waals surface area contributed by atoms with Crippen LogP contribution < -0.4 is 4.90 Å². The molecule has 0 amide bonds. The number of nitrogens with zero attached hydrogens (tertiary/aromatic N) is 3. The Kier molecular flexibility index (Phi) is 5.69. The van der Waals surface area contributed by atoms with Crippen molar-refractivity contribution in [1.82, 2.24) is 9.97 Å². The van der Waals surface area contributed by atoms with Gasteiger partial charge in [0.1, 0.15) is 28.0 Å². The number of furan rings is 2. The molecule has 0 N–H and O–H groups in total. The second-order valence-electron chi connectivity index (χ2n) is 12.9. The summed E-state index contributed by atoms with van der Waals surface area (Å²) in [5.41, 5.74) is 8.41. The molecule has 236 valence electrons. The Morgan fingerprint density at radius 2 is 1.36 bits per heavy atom. The highest BCUT2D eigenvalue weighted by atomic mass is 16.3. The molecule has 50 heavy (non-hydrogen) atoms. The van der Waals surface area contributed by atoms with Crippen LogP contribution in [0.4, 0.5) is 11.4 Å². The first-order valence-electron chi connectivity index (χ1n) is 16.8. The van der Waals surface area contributed by atoms with Gasteiger partial charge in [-0.1, -0.05) is 66.7 Å². The molecule has 0 aliphatic heterocycles. The molecule has 1 aliphatic carbocycles. The van der Waals surface area contributed by atoms with E-state index in [1.165, 1.54) is 5.56 Å². The topological polar surface area (TPSA) is 68.4 Å². The SMILES string of the molecule is C1=Cc2oc3ccccc3c2C(N(c2ccc3oc4ccccc4c3c2)c2ccc3ccc4ccc5nc(-c6cccnc6)oc5c4c3c2)C1. The third kappa shape index (κ3) is 4.02. The second kappa shape index (κ2) is 10.4. The van der Waals surface area contributed by atoms with Crippen LogP contribution in [0.25, 0.3) is 83.1 Å². The summed E-state index contributed by atoms with van der Waals surface area (Å²) in [6.45, 7) is 0. The summed E-state index contributed by atoms with van der Waals surface area (Å²) in [5, 5.41) is 7.68.